The molecule has 2 amide bonds. The molecule has 1 fully saturated rings. The topological polar surface area (TPSA) is 76.2 Å². The van der Waals surface area contributed by atoms with Crippen LogP contribution in [0.15, 0.2) is 18.2 Å². The summed E-state index contributed by atoms with van der Waals surface area (Å²) in [5, 5.41) is 5.32. The van der Waals surface area contributed by atoms with Crippen LogP contribution in [0.2, 0.25) is 0 Å². The summed E-state index contributed by atoms with van der Waals surface area (Å²) in [6.45, 7) is 7.14. The van der Waals surface area contributed by atoms with Gasteiger partial charge in [-0.15, -0.1) is 4.72 Å². The molecule has 1 saturated carbocycles. The highest BCUT2D eigenvalue weighted by Crippen LogP contribution is 2.32. The molecule has 2 rings (SSSR count). The third-order valence-corrected chi connectivity index (χ3v) is 6.19. The zero-order valence-corrected chi connectivity index (χ0v) is 17.4. The number of anilines is 1. The van der Waals surface area contributed by atoms with Crippen LogP contribution in [0.25, 0.3) is 0 Å². The zero-order chi connectivity index (χ0) is 21.1. The van der Waals surface area contributed by atoms with Gasteiger partial charge < -0.3 is 15.2 Å². The van der Waals surface area contributed by atoms with Crippen LogP contribution >= 0.6 is 0 Å². The Balaban J connectivity index is 2.03. The monoisotopic (exact) mass is 419 g/mol. The first kappa shape index (κ1) is 22.8. The lowest BCUT2D eigenvalue weighted by molar-refractivity contribution is -0.137. The molecule has 0 spiro atoms. The second kappa shape index (κ2) is 8.92. The van der Waals surface area contributed by atoms with Crippen LogP contribution in [0.4, 0.5) is 23.7 Å². The van der Waals surface area contributed by atoms with Gasteiger partial charge in [-0.25, -0.2) is 4.79 Å². The molecule has 0 aromatic heterocycles. The van der Waals surface area contributed by atoms with Gasteiger partial charge in [-0.05, 0) is 64.3 Å². The molecule has 158 valence electrons. The van der Waals surface area contributed by atoms with Gasteiger partial charge in [0, 0.05) is 17.0 Å². The van der Waals surface area contributed by atoms with E-state index in [0.717, 1.165) is 31.4 Å². The fraction of sp³-hybridized carbons (Fsp3) is 0.632. The van der Waals surface area contributed by atoms with Crippen molar-refractivity contribution in [3.8, 4) is 0 Å². The maximum atomic E-state index is 13.0. The molecule has 1 aliphatic carbocycles. The van der Waals surface area contributed by atoms with E-state index in [0.29, 0.717) is 12.0 Å². The van der Waals surface area contributed by atoms with Gasteiger partial charge in [0.2, 0.25) is 0 Å². The van der Waals surface area contributed by atoms with E-state index in [1.54, 1.807) is 6.92 Å². The minimum Gasteiger partial charge on any atom is -0.598 e. The Morgan fingerprint density at radius 1 is 1.11 bits per heavy atom. The Labute approximate surface area is 167 Å². The van der Waals surface area contributed by atoms with Crippen LogP contribution in [0, 0.1) is 6.92 Å². The number of hydrogen-bond donors (Lipinski definition) is 3. The van der Waals surface area contributed by atoms with Crippen molar-refractivity contribution in [2.75, 3.05) is 5.32 Å². The van der Waals surface area contributed by atoms with E-state index in [1.165, 1.54) is 6.07 Å². The summed E-state index contributed by atoms with van der Waals surface area (Å²) in [5.41, 5.74) is -0.313. The average Bonchev–Trinajstić information content (AvgIpc) is 2.54. The molecule has 0 heterocycles. The van der Waals surface area contributed by atoms with Gasteiger partial charge in [0.25, 0.3) is 0 Å². The summed E-state index contributed by atoms with van der Waals surface area (Å²) >= 11 is -1.27. The van der Waals surface area contributed by atoms with Gasteiger partial charge in [0.1, 0.15) is 4.75 Å². The fourth-order valence-electron chi connectivity index (χ4n) is 3.11. The molecule has 0 radical (unpaired) electrons. The van der Waals surface area contributed by atoms with Crippen LogP contribution in [0.1, 0.15) is 57.6 Å². The Morgan fingerprint density at radius 2 is 1.71 bits per heavy atom. The first-order valence-electron chi connectivity index (χ1n) is 9.31. The summed E-state index contributed by atoms with van der Waals surface area (Å²) in [6.07, 6.45) is -1.10. The quantitative estimate of drug-likeness (QED) is 0.629. The number of alkyl halides is 3. The van der Waals surface area contributed by atoms with E-state index < -0.39 is 33.9 Å². The van der Waals surface area contributed by atoms with E-state index in [9.17, 15) is 22.5 Å². The summed E-state index contributed by atoms with van der Waals surface area (Å²) in [4.78, 5) is 12.4. The highest BCUT2D eigenvalue weighted by atomic mass is 32.2. The fourth-order valence-corrected chi connectivity index (χ4v) is 4.02. The first-order chi connectivity index (χ1) is 12.9. The molecule has 28 heavy (non-hydrogen) atoms. The Kier molecular flexibility index (Phi) is 7.27. The molecule has 0 bridgehead atoms. The number of rotatable bonds is 4. The first-order valence-corrected chi connectivity index (χ1v) is 10.5. The van der Waals surface area contributed by atoms with E-state index >= 15 is 0 Å². The van der Waals surface area contributed by atoms with Crippen molar-refractivity contribution in [3.05, 3.63) is 29.3 Å². The van der Waals surface area contributed by atoms with Crippen LogP contribution in [-0.4, -0.2) is 27.4 Å². The van der Waals surface area contributed by atoms with Gasteiger partial charge in [-0.3, -0.25) is 0 Å². The maximum Gasteiger partial charge on any atom is 0.416 e. The second-order valence-corrected chi connectivity index (χ2v) is 10.2. The molecular formula is C19H28F3N3O2S. The molecule has 0 aliphatic heterocycles. The van der Waals surface area contributed by atoms with Crippen molar-refractivity contribution in [3.63, 3.8) is 0 Å². The lowest BCUT2D eigenvalue weighted by atomic mass is 9.91. The molecule has 0 saturated heterocycles. The number of urea groups is 1. The van der Waals surface area contributed by atoms with E-state index in [4.69, 9.17) is 0 Å². The number of carbonyl (C=O) groups is 1. The maximum absolute atomic E-state index is 13.0. The summed E-state index contributed by atoms with van der Waals surface area (Å²) in [6, 6.07) is 2.47. The van der Waals surface area contributed by atoms with Gasteiger partial charge >= 0.3 is 12.2 Å². The largest absolute Gasteiger partial charge is 0.598 e. The van der Waals surface area contributed by atoms with Crippen LogP contribution in [0.5, 0.6) is 0 Å². The van der Waals surface area contributed by atoms with Crippen molar-refractivity contribution >= 4 is 23.1 Å². The van der Waals surface area contributed by atoms with Crippen LogP contribution < -0.4 is 15.4 Å². The van der Waals surface area contributed by atoms with Crippen molar-refractivity contribution in [2.24, 2.45) is 0 Å². The molecular weight excluding hydrogens is 391 g/mol. The predicted octanol–water partition coefficient (Wildman–Crippen LogP) is 4.50. The van der Waals surface area contributed by atoms with Gasteiger partial charge in [-0.1, -0.05) is 12.8 Å². The SMILES string of the molecule is Cc1cc(NC(=O)N[C@@H]2CCCC[C@H]2N[S@+]([O-])C(C)(C)C)cc(C(F)(F)F)c1. The van der Waals surface area contributed by atoms with Crippen molar-refractivity contribution in [2.45, 2.75) is 76.4 Å². The standard InChI is InChI=1S/C19H28F3N3O2S/c1-12-9-13(19(20,21)22)11-14(10-12)23-17(26)24-15-7-5-6-8-16(15)25-28(27)18(2,3)4/h9-11,15-16,25H,5-8H2,1-4H3,(H2,23,24,26)/t15-,16-,28-/m1/s1. The molecule has 1 aliphatic rings. The van der Waals surface area contributed by atoms with E-state index in [-0.39, 0.29) is 17.8 Å². The lowest BCUT2D eigenvalue weighted by Gasteiger charge is -2.35. The molecule has 1 aromatic carbocycles. The number of benzene rings is 1. The zero-order valence-electron chi connectivity index (χ0n) is 16.6. The lowest BCUT2D eigenvalue weighted by Crippen LogP contribution is -2.56. The molecule has 3 N–H and O–H groups in total. The average molecular weight is 420 g/mol. The summed E-state index contributed by atoms with van der Waals surface area (Å²) in [5.74, 6) is 0. The summed E-state index contributed by atoms with van der Waals surface area (Å²) < 4.78 is 53.9. The number of hydrogen-bond acceptors (Lipinski definition) is 3. The van der Waals surface area contributed by atoms with Gasteiger partial charge in [0.05, 0.1) is 17.6 Å². The Bertz CT molecular complexity index is 692. The van der Waals surface area contributed by atoms with Crippen LogP contribution in [0.3, 0.4) is 0 Å². The molecule has 5 nitrogen and oxygen atoms in total. The Morgan fingerprint density at radius 3 is 2.29 bits per heavy atom. The molecule has 9 heteroatoms. The van der Waals surface area contributed by atoms with Crippen LogP contribution in [-0.2, 0) is 17.5 Å². The number of halogens is 3. The smallest absolute Gasteiger partial charge is 0.416 e. The third-order valence-electron chi connectivity index (χ3n) is 4.56. The highest BCUT2D eigenvalue weighted by Gasteiger charge is 2.35. The number of aryl methyl sites for hydroxylation is 1. The van der Waals surface area contributed by atoms with E-state index in [2.05, 4.69) is 15.4 Å². The Hall–Kier alpha value is -1.45. The normalized spacial score (nSPS) is 21.9. The van der Waals surface area contributed by atoms with Gasteiger partial charge in [0.15, 0.2) is 0 Å². The summed E-state index contributed by atoms with van der Waals surface area (Å²) in [7, 11) is 0. The van der Waals surface area contributed by atoms with Crippen molar-refractivity contribution < 1.29 is 22.5 Å². The minimum atomic E-state index is -4.48. The van der Waals surface area contributed by atoms with Crippen molar-refractivity contribution in [1.82, 2.24) is 10.0 Å². The van der Waals surface area contributed by atoms with E-state index in [1.807, 2.05) is 20.8 Å². The molecule has 3 atom stereocenters. The van der Waals surface area contributed by atoms with Crippen molar-refractivity contribution in [1.29, 1.82) is 0 Å². The highest BCUT2D eigenvalue weighted by molar-refractivity contribution is 7.90. The third kappa shape index (κ3) is 6.56. The minimum absolute atomic E-state index is 0.0865. The number of amides is 2. The molecule has 0 unspecified atom stereocenters. The second-order valence-electron chi connectivity index (χ2n) is 8.18. The molecule has 1 aromatic rings. The predicted molar refractivity (Wildman–Crippen MR) is 105 cm³/mol. The number of carbonyl (C=O) groups excluding carboxylic acids is 1. The van der Waals surface area contributed by atoms with Gasteiger partial charge in [-0.2, -0.15) is 13.2 Å². The number of nitrogens with one attached hydrogen (secondary N) is 3.